The maximum atomic E-state index is 6.30. The van der Waals surface area contributed by atoms with Crippen LogP contribution in [-0.4, -0.2) is 9.97 Å². The second kappa shape index (κ2) is 11.6. The zero-order valence-corrected chi connectivity index (χ0v) is 30.0. The van der Waals surface area contributed by atoms with Crippen molar-refractivity contribution in [3.63, 3.8) is 0 Å². The number of para-hydroxylation sites is 1. The number of fused-ring (bicyclic) bond motifs is 8. The molecule has 1 aliphatic carbocycles. The molecule has 254 valence electrons. The summed E-state index contributed by atoms with van der Waals surface area (Å²) in [6, 6.07) is 60.6. The highest BCUT2D eigenvalue weighted by Crippen LogP contribution is 2.54. The predicted molar refractivity (Wildman–Crippen MR) is 224 cm³/mol. The summed E-state index contributed by atoms with van der Waals surface area (Å²) in [7, 11) is 0. The molecule has 2 aromatic heterocycles. The molecule has 54 heavy (non-hydrogen) atoms. The van der Waals surface area contributed by atoms with Crippen LogP contribution in [-0.2, 0) is 5.41 Å². The molecule has 0 radical (unpaired) electrons. The van der Waals surface area contributed by atoms with Gasteiger partial charge < -0.3 is 4.42 Å². The summed E-state index contributed by atoms with van der Waals surface area (Å²) in [4.78, 5) is 10.4. The fourth-order valence-electron chi connectivity index (χ4n) is 8.88. The van der Waals surface area contributed by atoms with E-state index in [1.807, 2.05) is 30.3 Å². The van der Waals surface area contributed by atoms with Crippen LogP contribution in [0.1, 0.15) is 25.0 Å². The normalized spacial score (nSPS) is 13.1. The average molecular weight is 691 g/mol. The van der Waals surface area contributed by atoms with Gasteiger partial charge in [-0.1, -0.05) is 147 Å². The first-order chi connectivity index (χ1) is 26.5. The number of furan rings is 1. The lowest BCUT2D eigenvalue weighted by Crippen LogP contribution is -2.16. The van der Waals surface area contributed by atoms with E-state index in [-0.39, 0.29) is 5.41 Å². The Morgan fingerprint density at radius 1 is 0.407 bits per heavy atom. The number of hydrogen-bond acceptors (Lipinski definition) is 3. The summed E-state index contributed by atoms with van der Waals surface area (Å²) < 4.78 is 6.30. The van der Waals surface area contributed by atoms with Crippen LogP contribution in [0, 0.1) is 0 Å². The number of rotatable bonds is 4. The molecule has 11 rings (SSSR count). The van der Waals surface area contributed by atoms with E-state index in [0.717, 1.165) is 55.4 Å². The lowest BCUT2D eigenvalue weighted by atomic mass is 9.78. The molecule has 0 fully saturated rings. The molecule has 1 aliphatic rings. The Kier molecular flexibility index (Phi) is 6.60. The predicted octanol–water partition coefficient (Wildman–Crippen LogP) is 13.7. The quantitative estimate of drug-likeness (QED) is 0.184. The van der Waals surface area contributed by atoms with Gasteiger partial charge in [-0.25, -0.2) is 9.97 Å². The summed E-state index contributed by atoms with van der Waals surface area (Å²) in [6.45, 7) is 4.76. The Balaban J connectivity index is 1.10. The summed E-state index contributed by atoms with van der Waals surface area (Å²) >= 11 is 0. The van der Waals surface area contributed by atoms with Gasteiger partial charge in [0.15, 0.2) is 5.82 Å². The molecule has 0 atom stereocenters. The van der Waals surface area contributed by atoms with Gasteiger partial charge in [0.2, 0.25) is 0 Å². The van der Waals surface area contributed by atoms with Gasteiger partial charge >= 0.3 is 0 Å². The van der Waals surface area contributed by atoms with E-state index in [1.54, 1.807) is 0 Å². The number of aromatic nitrogens is 2. The lowest BCUT2D eigenvalue weighted by Gasteiger charge is -2.25. The van der Waals surface area contributed by atoms with E-state index in [0.29, 0.717) is 5.82 Å². The van der Waals surface area contributed by atoms with Crippen LogP contribution in [0.2, 0.25) is 0 Å². The molecular weight excluding hydrogens is 657 g/mol. The molecule has 0 amide bonds. The molecule has 0 spiro atoms. The zero-order chi connectivity index (χ0) is 36.0. The number of benzene rings is 8. The van der Waals surface area contributed by atoms with Gasteiger partial charge in [-0.2, -0.15) is 0 Å². The molecule has 0 aliphatic heterocycles. The van der Waals surface area contributed by atoms with Crippen molar-refractivity contribution in [1.29, 1.82) is 0 Å². The van der Waals surface area contributed by atoms with Crippen LogP contribution in [0.5, 0.6) is 0 Å². The van der Waals surface area contributed by atoms with E-state index >= 15 is 0 Å². The Labute approximate surface area is 313 Å². The molecule has 0 saturated heterocycles. The van der Waals surface area contributed by atoms with Crippen LogP contribution in [0.4, 0.5) is 0 Å². The number of nitrogens with zero attached hydrogens (tertiary/aromatic N) is 2. The summed E-state index contributed by atoms with van der Waals surface area (Å²) in [5.74, 6) is 0.689. The molecule has 10 aromatic rings. The fourth-order valence-corrected chi connectivity index (χ4v) is 8.88. The maximum absolute atomic E-state index is 6.30. The average Bonchev–Trinajstić information content (AvgIpc) is 3.71. The highest BCUT2D eigenvalue weighted by Gasteiger charge is 2.38. The molecular formula is C51H34N2O. The van der Waals surface area contributed by atoms with Crippen molar-refractivity contribution >= 4 is 43.5 Å². The summed E-state index contributed by atoms with van der Waals surface area (Å²) in [5.41, 5.74) is 14.2. The minimum Gasteiger partial charge on any atom is -0.456 e. The monoisotopic (exact) mass is 690 g/mol. The Morgan fingerprint density at radius 2 is 1.04 bits per heavy atom. The third kappa shape index (κ3) is 4.61. The minimum atomic E-state index is -0.169. The van der Waals surface area contributed by atoms with Crippen LogP contribution >= 0.6 is 0 Å². The fraction of sp³-hybridized carbons (Fsp3) is 0.0588. The van der Waals surface area contributed by atoms with E-state index in [1.165, 1.54) is 49.5 Å². The van der Waals surface area contributed by atoms with Crippen LogP contribution < -0.4 is 0 Å². The molecule has 0 saturated carbocycles. The Morgan fingerprint density at radius 3 is 1.85 bits per heavy atom. The van der Waals surface area contributed by atoms with Gasteiger partial charge in [0, 0.05) is 32.9 Å². The van der Waals surface area contributed by atoms with Crippen molar-refractivity contribution in [2.45, 2.75) is 19.3 Å². The SMILES string of the molecule is CC1(C)c2cc3ccccc3cc2-c2cccc(-c3ccc(-c4cc(-c5ccc6c(c5)oc5ccccc56)nc(-c5ccccc5)n4)c4ccccc34)c21. The standard InChI is InChI=1S/C51H34N2O/c1-51(2)44-28-33-16-7-6-15-32(33)27-43(44)42-21-12-20-41(49(42)51)37-25-26-38(36-18-9-8-17-35(36)37)46-30-45(52-50(53-46)31-13-4-3-5-14-31)34-23-24-40-39-19-10-11-22-47(39)54-48(40)29-34/h3-30H,1-2H3. The van der Waals surface area contributed by atoms with Gasteiger partial charge in [-0.05, 0) is 91.3 Å². The third-order valence-electron chi connectivity index (χ3n) is 11.5. The van der Waals surface area contributed by atoms with Crippen molar-refractivity contribution in [3.8, 4) is 56.2 Å². The van der Waals surface area contributed by atoms with Crippen molar-refractivity contribution in [1.82, 2.24) is 9.97 Å². The second-order valence-electron chi connectivity index (χ2n) is 14.9. The first kappa shape index (κ1) is 30.8. The Hall–Kier alpha value is -6.84. The molecule has 0 bridgehead atoms. The topological polar surface area (TPSA) is 38.9 Å². The lowest BCUT2D eigenvalue weighted by molar-refractivity contribution is 0.663. The second-order valence-corrected chi connectivity index (χ2v) is 14.9. The van der Waals surface area contributed by atoms with Crippen molar-refractivity contribution in [3.05, 3.63) is 181 Å². The van der Waals surface area contributed by atoms with Crippen LogP contribution in [0.25, 0.3) is 99.6 Å². The zero-order valence-electron chi connectivity index (χ0n) is 30.0. The third-order valence-corrected chi connectivity index (χ3v) is 11.5. The molecule has 0 N–H and O–H groups in total. The van der Waals surface area contributed by atoms with Gasteiger partial charge in [0.25, 0.3) is 0 Å². The minimum absolute atomic E-state index is 0.169. The Bertz CT molecular complexity index is 3130. The van der Waals surface area contributed by atoms with Gasteiger partial charge in [0.1, 0.15) is 11.2 Å². The van der Waals surface area contributed by atoms with E-state index < -0.39 is 0 Å². The van der Waals surface area contributed by atoms with Crippen LogP contribution in [0.3, 0.4) is 0 Å². The summed E-state index contributed by atoms with van der Waals surface area (Å²) in [6.07, 6.45) is 0. The molecule has 3 heteroatoms. The van der Waals surface area contributed by atoms with Crippen LogP contribution in [0.15, 0.2) is 174 Å². The summed E-state index contributed by atoms with van der Waals surface area (Å²) in [5, 5.41) is 7.12. The van der Waals surface area contributed by atoms with Crippen molar-refractivity contribution in [2.75, 3.05) is 0 Å². The van der Waals surface area contributed by atoms with E-state index in [9.17, 15) is 0 Å². The highest BCUT2D eigenvalue weighted by atomic mass is 16.3. The van der Waals surface area contributed by atoms with E-state index in [4.69, 9.17) is 14.4 Å². The van der Waals surface area contributed by atoms with E-state index in [2.05, 4.69) is 153 Å². The molecule has 3 nitrogen and oxygen atoms in total. The van der Waals surface area contributed by atoms with Gasteiger partial charge in [-0.15, -0.1) is 0 Å². The molecule has 0 unspecified atom stereocenters. The highest BCUT2D eigenvalue weighted by molar-refractivity contribution is 6.08. The van der Waals surface area contributed by atoms with Gasteiger partial charge in [0.05, 0.1) is 11.4 Å². The largest absolute Gasteiger partial charge is 0.456 e. The van der Waals surface area contributed by atoms with Gasteiger partial charge in [-0.3, -0.25) is 0 Å². The molecule has 8 aromatic carbocycles. The molecule has 2 heterocycles. The van der Waals surface area contributed by atoms with Crippen molar-refractivity contribution < 1.29 is 4.42 Å². The van der Waals surface area contributed by atoms with Crippen molar-refractivity contribution in [2.24, 2.45) is 0 Å². The first-order valence-electron chi connectivity index (χ1n) is 18.6. The first-order valence-corrected chi connectivity index (χ1v) is 18.6. The smallest absolute Gasteiger partial charge is 0.160 e. The number of hydrogen-bond donors (Lipinski definition) is 0. The maximum Gasteiger partial charge on any atom is 0.160 e.